The highest BCUT2D eigenvalue weighted by Crippen LogP contribution is 2.20. The zero-order valence-electron chi connectivity index (χ0n) is 10.9. The summed E-state index contributed by atoms with van der Waals surface area (Å²) in [5.41, 5.74) is 0.0685. The quantitative estimate of drug-likeness (QED) is 0.736. The molecule has 0 spiro atoms. The number of carboxylic acids is 1. The van der Waals surface area contributed by atoms with Crippen LogP contribution in [-0.4, -0.2) is 41.5 Å². The van der Waals surface area contributed by atoms with Gasteiger partial charge in [-0.3, -0.25) is 0 Å². The third-order valence-corrected chi connectivity index (χ3v) is 3.42. The lowest BCUT2D eigenvalue weighted by molar-refractivity contribution is -0.0617. The highest BCUT2D eigenvalue weighted by Gasteiger charge is 2.29. The Bertz CT molecular complexity index is 448. The normalized spacial score (nSPS) is 18.4. The van der Waals surface area contributed by atoms with E-state index in [2.05, 4.69) is 5.32 Å². The summed E-state index contributed by atoms with van der Waals surface area (Å²) in [5.74, 6) is -0.541. The fourth-order valence-electron chi connectivity index (χ4n) is 2.16. The molecule has 0 radical (unpaired) electrons. The van der Waals surface area contributed by atoms with Crippen LogP contribution in [0.2, 0.25) is 0 Å². The van der Waals surface area contributed by atoms with Gasteiger partial charge in [0.2, 0.25) is 5.76 Å². The first kappa shape index (κ1) is 14.0. The molecule has 6 heteroatoms. The summed E-state index contributed by atoms with van der Waals surface area (Å²) in [6.07, 6.45) is 1.23. The predicted molar refractivity (Wildman–Crippen MR) is 67.1 cm³/mol. The summed E-state index contributed by atoms with van der Waals surface area (Å²) >= 11 is 0. The summed E-state index contributed by atoms with van der Waals surface area (Å²) in [4.78, 5) is 10.8. The lowest BCUT2D eigenvalue weighted by Crippen LogP contribution is -2.44. The zero-order valence-corrected chi connectivity index (χ0v) is 10.9. The van der Waals surface area contributed by atoms with Crippen LogP contribution in [-0.2, 0) is 11.3 Å². The van der Waals surface area contributed by atoms with Gasteiger partial charge >= 0.3 is 5.97 Å². The number of furan rings is 1. The maximum atomic E-state index is 10.8. The molecule has 0 aromatic carbocycles. The van der Waals surface area contributed by atoms with Crippen LogP contribution >= 0.6 is 0 Å². The van der Waals surface area contributed by atoms with Crippen molar-refractivity contribution in [1.29, 1.82) is 0 Å². The minimum absolute atomic E-state index is 0.0564. The number of carboxylic acid groups (broad SMARTS) is 1. The highest BCUT2D eigenvalue weighted by molar-refractivity contribution is 5.84. The fourth-order valence-corrected chi connectivity index (χ4v) is 2.16. The number of rotatable bonds is 5. The van der Waals surface area contributed by atoms with Crippen LogP contribution in [0.1, 0.15) is 34.7 Å². The van der Waals surface area contributed by atoms with Crippen LogP contribution in [0.15, 0.2) is 10.5 Å². The van der Waals surface area contributed by atoms with E-state index in [0.29, 0.717) is 44.9 Å². The molecule has 1 aromatic rings. The second-order valence-electron chi connectivity index (χ2n) is 4.94. The third-order valence-electron chi connectivity index (χ3n) is 3.42. The number of aryl methyl sites for hydroxylation is 1. The Morgan fingerprint density at radius 1 is 1.47 bits per heavy atom. The Hall–Kier alpha value is -1.37. The van der Waals surface area contributed by atoms with Crippen molar-refractivity contribution in [2.24, 2.45) is 0 Å². The zero-order chi connectivity index (χ0) is 13.9. The van der Waals surface area contributed by atoms with E-state index in [4.69, 9.17) is 14.3 Å². The fraction of sp³-hybridized carbons (Fsp3) is 0.615. The first-order chi connectivity index (χ1) is 9.00. The molecule has 1 saturated heterocycles. The van der Waals surface area contributed by atoms with Gasteiger partial charge in [0, 0.05) is 44.7 Å². The monoisotopic (exact) mass is 269 g/mol. The molecule has 2 heterocycles. The van der Waals surface area contributed by atoms with Gasteiger partial charge in [0.25, 0.3) is 0 Å². The summed E-state index contributed by atoms with van der Waals surface area (Å²) in [6, 6.07) is 1.51. The molecule has 106 valence electrons. The van der Waals surface area contributed by atoms with Gasteiger partial charge in [-0.05, 0) is 13.0 Å². The maximum absolute atomic E-state index is 10.8. The molecule has 0 atom stereocenters. The minimum atomic E-state index is -1.07. The highest BCUT2D eigenvalue weighted by atomic mass is 16.5. The molecule has 0 bridgehead atoms. The minimum Gasteiger partial charge on any atom is -0.475 e. The Morgan fingerprint density at radius 2 is 2.16 bits per heavy atom. The molecule has 1 aliphatic rings. The van der Waals surface area contributed by atoms with Gasteiger partial charge in [0.15, 0.2) is 0 Å². The van der Waals surface area contributed by atoms with Gasteiger partial charge in [0.1, 0.15) is 5.76 Å². The van der Waals surface area contributed by atoms with E-state index in [1.54, 1.807) is 6.92 Å². The number of nitrogens with one attached hydrogen (secondary N) is 1. The molecule has 0 unspecified atom stereocenters. The molecule has 1 aromatic heterocycles. The smallest absolute Gasteiger partial charge is 0.371 e. The van der Waals surface area contributed by atoms with E-state index < -0.39 is 11.6 Å². The van der Waals surface area contributed by atoms with Crippen molar-refractivity contribution in [3.8, 4) is 0 Å². The topological polar surface area (TPSA) is 91.9 Å². The second kappa shape index (κ2) is 5.73. The number of hydrogen-bond donors (Lipinski definition) is 3. The molecule has 1 aliphatic heterocycles. The van der Waals surface area contributed by atoms with Crippen molar-refractivity contribution in [1.82, 2.24) is 5.32 Å². The Morgan fingerprint density at radius 3 is 2.74 bits per heavy atom. The SMILES string of the molecule is Cc1oc(C(=O)O)cc1CNCC1(O)CCOCC1. The van der Waals surface area contributed by atoms with Crippen molar-refractivity contribution < 1.29 is 24.2 Å². The van der Waals surface area contributed by atoms with Crippen LogP contribution in [0.3, 0.4) is 0 Å². The largest absolute Gasteiger partial charge is 0.475 e. The number of aliphatic hydroxyl groups is 1. The lowest BCUT2D eigenvalue weighted by atomic mass is 9.94. The first-order valence-corrected chi connectivity index (χ1v) is 6.34. The van der Waals surface area contributed by atoms with Crippen molar-refractivity contribution >= 4 is 5.97 Å². The van der Waals surface area contributed by atoms with Crippen molar-refractivity contribution in [3.63, 3.8) is 0 Å². The molecule has 0 saturated carbocycles. The van der Waals surface area contributed by atoms with Gasteiger partial charge in [-0.25, -0.2) is 4.79 Å². The summed E-state index contributed by atoms with van der Waals surface area (Å²) in [6.45, 7) is 3.82. The van der Waals surface area contributed by atoms with Crippen molar-refractivity contribution in [2.45, 2.75) is 31.9 Å². The van der Waals surface area contributed by atoms with Crippen LogP contribution in [0.25, 0.3) is 0 Å². The number of hydrogen-bond acceptors (Lipinski definition) is 5. The summed E-state index contributed by atoms with van der Waals surface area (Å²) in [7, 11) is 0. The number of aromatic carboxylic acids is 1. The molecule has 2 rings (SSSR count). The number of carbonyl (C=O) groups is 1. The van der Waals surface area contributed by atoms with Crippen molar-refractivity contribution in [2.75, 3.05) is 19.8 Å². The van der Waals surface area contributed by atoms with E-state index in [9.17, 15) is 9.90 Å². The third kappa shape index (κ3) is 3.56. The molecule has 19 heavy (non-hydrogen) atoms. The van der Waals surface area contributed by atoms with E-state index in [1.165, 1.54) is 6.07 Å². The molecular weight excluding hydrogens is 250 g/mol. The molecular formula is C13H19NO5. The van der Waals surface area contributed by atoms with Gasteiger partial charge in [-0.15, -0.1) is 0 Å². The van der Waals surface area contributed by atoms with E-state index in [-0.39, 0.29) is 5.76 Å². The molecule has 0 amide bonds. The second-order valence-corrected chi connectivity index (χ2v) is 4.94. The lowest BCUT2D eigenvalue weighted by Gasteiger charge is -2.32. The molecule has 1 fully saturated rings. The average Bonchev–Trinajstić information content (AvgIpc) is 2.72. The Kier molecular flexibility index (Phi) is 4.24. The van der Waals surface area contributed by atoms with E-state index in [0.717, 1.165) is 5.56 Å². The first-order valence-electron chi connectivity index (χ1n) is 6.34. The van der Waals surface area contributed by atoms with E-state index in [1.807, 2.05) is 0 Å². The standard InChI is InChI=1S/C13H19NO5/c1-9-10(6-11(19-9)12(15)16)7-14-8-13(17)2-4-18-5-3-13/h6,14,17H,2-5,7-8H2,1H3,(H,15,16). The Labute approximate surface area is 111 Å². The predicted octanol–water partition coefficient (Wildman–Crippen LogP) is 0.917. The van der Waals surface area contributed by atoms with Gasteiger partial charge in [0.05, 0.1) is 5.60 Å². The van der Waals surface area contributed by atoms with Gasteiger partial charge in [-0.2, -0.15) is 0 Å². The van der Waals surface area contributed by atoms with Crippen LogP contribution in [0, 0.1) is 6.92 Å². The van der Waals surface area contributed by atoms with Crippen LogP contribution in [0.5, 0.6) is 0 Å². The van der Waals surface area contributed by atoms with Crippen LogP contribution in [0.4, 0.5) is 0 Å². The van der Waals surface area contributed by atoms with E-state index >= 15 is 0 Å². The molecule has 6 nitrogen and oxygen atoms in total. The average molecular weight is 269 g/mol. The maximum Gasteiger partial charge on any atom is 0.371 e. The van der Waals surface area contributed by atoms with Crippen molar-refractivity contribution in [3.05, 3.63) is 23.2 Å². The summed E-state index contributed by atoms with van der Waals surface area (Å²) in [5, 5.41) is 22.2. The van der Waals surface area contributed by atoms with Gasteiger partial charge in [-0.1, -0.05) is 0 Å². The number of ether oxygens (including phenoxy) is 1. The van der Waals surface area contributed by atoms with Gasteiger partial charge < -0.3 is 24.7 Å². The van der Waals surface area contributed by atoms with Crippen LogP contribution < -0.4 is 5.32 Å². The summed E-state index contributed by atoms with van der Waals surface area (Å²) < 4.78 is 10.3. The Balaban J connectivity index is 1.87. The molecule has 0 aliphatic carbocycles. The molecule has 3 N–H and O–H groups in total.